The Morgan fingerprint density at radius 1 is 0.481 bits per heavy atom. The highest BCUT2D eigenvalue weighted by Crippen LogP contribution is 2.50. The number of aromatic amines is 1. The van der Waals surface area contributed by atoms with E-state index in [1.54, 1.807) is 0 Å². The van der Waals surface area contributed by atoms with Crippen molar-refractivity contribution in [3.8, 4) is 34.1 Å². The second kappa shape index (κ2) is 13.4. The molecule has 6 aromatic rings. The summed E-state index contributed by atoms with van der Waals surface area (Å²) in [6.45, 7) is 29.1. The summed E-state index contributed by atoms with van der Waals surface area (Å²) in [6, 6.07) is 27.1. The zero-order valence-electron chi connectivity index (χ0n) is 33.6. The molecule has 0 saturated heterocycles. The van der Waals surface area contributed by atoms with Crippen LogP contribution in [0.5, 0.6) is 0 Å². The van der Waals surface area contributed by atoms with Gasteiger partial charge in [-0.2, -0.15) is 0 Å². The second-order valence-corrected chi connectivity index (χ2v) is 28.6. The van der Waals surface area contributed by atoms with Crippen LogP contribution >= 0.6 is 0 Å². The molecule has 1 aliphatic rings. The maximum absolute atomic E-state index is 4.19. The molecular weight excluding hydrogens is 659 g/mol. The van der Waals surface area contributed by atoms with Crippen molar-refractivity contribution >= 4 is 59.5 Å². The molecule has 0 bridgehead atoms. The lowest BCUT2D eigenvalue weighted by atomic mass is 9.91. The summed E-state index contributed by atoms with van der Waals surface area (Å²) < 4.78 is 0. The highest BCUT2D eigenvalue weighted by atomic mass is 28.3. The van der Waals surface area contributed by atoms with Crippen LogP contribution in [0.25, 0.3) is 54.5 Å². The first-order valence-corrected chi connectivity index (χ1v) is 24.3. The van der Waals surface area contributed by atoms with Gasteiger partial charge in [-0.15, -0.1) is 11.1 Å². The summed E-state index contributed by atoms with van der Waals surface area (Å²) in [6.07, 6.45) is 0.877. The molecular formula is C49H57NSi2. The predicted octanol–water partition coefficient (Wildman–Crippen LogP) is 14.3. The Kier molecular flexibility index (Phi) is 9.39. The average molecular weight is 716 g/mol. The van der Waals surface area contributed by atoms with Crippen molar-refractivity contribution in [2.75, 3.05) is 0 Å². The lowest BCUT2D eigenvalue weighted by Gasteiger charge is -2.38. The SMILES string of the molecule is CC(C)[Si](C#Cc1c2c(c(C#C[Si](C(C)C)(C(C)C)C(C)C)c3c1[nH]c1c4ccccc4ccc13)Cc1c-2ccc2ccccc12)(C(C)C)C(C)C. The van der Waals surface area contributed by atoms with E-state index in [1.807, 2.05) is 0 Å². The number of rotatable bonds is 6. The minimum atomic E-state index is -2.04. The molecule has 0 atom stereocenters. The van der Waals surface area contributed by atoms with Crippen molar-refractivity contribution in [1.82, 2.24) is 4.98 Å². The van der Waals surface area contributed by atoms with Crippen LogP contribution in [-0.4, -0.2) is 21.1 Å². The fourth-order valence-corrected chi connectivity index (χ4v) is 21.2. The Bertz CT molecular complexity index is 2440. The highest BCUT2D eigenvalue weighted by molar-refractivity contribution is 6.91. The Morgan fingerprint density at radius 3 is 1.52 bits per heavy atom. The summed E-state index contributed by atoms with van der Waals surface area (Å²) in [5.41, 5.74) is 21.9. The quantitative estimate of drug-likeness (QED) is 0.130. The number of hydrogen-bond acceptors (Lipinski definition) is 0. The van der Waals surface area contributed by atoms with Gasteiger partial charge in [0.15, 0.2) is 0 Å². The normalized spacial score (nSPS) is 13.3. The van der Waals surface area contributed by atoms with Gasteiger partial charge in [0, 0.05) is 33.7 Å². The Balaban J connectivity index is 1.70. The van der Waals surface area contributed by atoms with E-state index in [0.717, 1.165) is 11.9 Å². The van der Waals surface area contributed by atoms with Gasteiger partial charge >= 0.3 is 0 Å². The fourth-order valence-electron chi connectivity index (χ4n) is 10.8. The van der Waals surface area contributed by atoms with Crippen molar-refractivity contribution in [3.63, 3.8) is 0 Å². The molecule has 3 heteroatoms. The van der Waals surface area contributed by atoms with E-state index in [1.165, 1.54) is 71.2 Å². The molecule has 52 heavy (non-hydrogen) atoms. The molecule has 0 fully saturated rings. The zero-order valence-corrected chi connectivity index (χ0v) is 35.6. The first kappa shape index (κ1) is 36.3. The minimum Gasteiger partial charge on any atom is -0.353 e. The van der Waals surface area contributed by atoms with Crippen LogP contribution in [0.15, 0.2) is 72.8 Å². The number of fused-ring (bicyclic) bond motifs is 10. The lowest BCUT2D eigenvalue weighted by molar-refractivity contribution is 0.838. The number of nitrogens with one attached hydrogen (secondary N) is 1. The van der Waals surface area contributed by atoms with Gasteiger partial charge in [-0.25, -0.2) is 0 Å². The molecule has 0 aliphatic heterocycles. The van der Waals surface area contributed by atoms with Crippen molar-refractivity contribution in [1.29, 1.82) is 0 Å². The molecule has 1 aromatic heterocycles. The molecule has 1 nitrogen and oxygen atoms in total. The monoisotopic (exact) mass is 715 g/mol. The second-order valence-electron chi connectivity index (χ2n) is 17.5. The largest absolute Gasteiger partial charge is 0.353 e. The first-order valence-electron chi connectivity index (χ1n) is 19.8. The van der Waals surface area contributed by atoms with Crippen LogP contribution in [0.1, 0.15) is 105 Å². The van der Waals surface area contributed by atoms with E-state index >= 15 is 0 Å². The highest BCUT2D eigenvalue weighted by Gasteiger charge is 2.43. The number of hydrogen-bond donors (Lipinski definition) is 1. The first-order chi connectivity index (χ1) is 24.7. The summed E-state index contributed by atoms with van der Waals surface area (Å²) in [4.78, 5) is 4.07. The van der Waals surface area contributed by atoms with Crippen LogP contribution in [0, 0.1) is 22.9 Å². The van der Waals surface area contributed by atoms with Crippen LogP contribution < -0.4 is 0 Å². The lowest BCUT2D eigenvalue weighted by Crippen LogP contribution is -2.43. The molecule has 1 aliphatic carbocycles. The molecule has 5 aromatic carbocycles. The summed E-state index contributed by atoms with van der Waals surface area (Å²) in [5.74, 6) is 8.15. The molecule has 0 amide bonds. The smallest absolute Gasteiger partial charge is 0.146 e. The molecule has 0 spiro atoms. The van der Waals surface area contributed by atoms with Gasteiger partial charge < -0.3 is 4.98 Å². The van der Waals surface area contributed by atoms with Crippen LogP contribution in [0.4, 0.5) is 0 Å². The van der Waals surface area contributed by atoms with Crippen molar-refractivity contribution in [3.05, 3.63) is 95.1 Å². The third kappa shape index (κ3) is 5.34. The minimum absolute atomic E-state index is 0.553. The Morgan fingerprint density at radius 2 is 0.962 bits per heavy atom. The summed E-state index contributed by atoms with van der Waals surface area (Å²) >= 11 is 0. The molecule has 1 heterocycles. The van der Waals surface area contributed by atoms with Gasteiger partial charge in [0.25, 0.3) is 0 Å². The van der Waals surface area contributed by atoms with E-state index in [2.05, 4.69) is 184 Å². The topological polar surface area (TPSA) is 15.8 Å². The molecule has 266 valence electrons. The van der Waals surface area contributed by atoms with Crippen molar-refractivity contribution < 1.29 is 0 Å². The Hall–Kier alpha value is -4.03. The number of aromatic nitrogens is 1. The van der Waals surface area contributed by atoms with E-state index in [0.29, 0.717) is 33.2 Å². The van der Waals surface area contributed by atoms with Crippen molar-refractivity contribution in [2.45, 2.75) is 123 Å². The van der Waals surface area contributed by atoms with Gasteiger partial charge in [0.05, 0.1) is 16.6 Å². The third-order valence-electron chi connectivity index (χ3n) is 13.3. The average Bonchev–Trinajstić information content (AvgIpc) is 3.68. The molecule has 1 N–H and O–H groups in total. The third-order valence-corrected chi connectivity index (χ3v) is 25.8. The number of H-pyrrole nitrogens is 1. The van der Waals surface area contributed by atoms with E-state index in [-0.39, 0.29) is 0 Å². The van der Waals surface area contributed by atoms with E-state index in [4.69, 9.17) is 0 Å². The van der Waals surface area contributed by atoms with Gasteiger partial charge in [-0.1, -0.05) is 168 Å². The van der Waals surface area contributed by atoms with Gasteiger partial charge in [0.2, 0.25) is 0 Å². The predicted molar refractivity (Wildman–Crippen MR) is 235 cm³/mol. The fraction of sp³-hybridized carbons (Fsp3) is 0.388. The summed E-state index contributed by atoms with van der Waals surface area (Å²) in [7, 11) is -4.07. The maximum Gasteiger partial charge on any atom is 0.146 e. The summed E-state index contributed by atoms with van der Waals surface area (Å²) in [5, 5.41) is 7.68. The van der Waals surface area contributed by atoms with Crippen LogP contribution in [-0.2, 0) is 6.42 Å². The molecule has 0 saturated carbocycles. The van der Waals surface area contributed by atoms with Gasteiger partial charge in [0.1, 0.15) is 16.1 Å². The number of benzene rings is 5. The maximum atomic E-state index is 4.19. The Labute approximate surface area is 315 Å². The van der Waals surface area contributed by atoms with Crippen LogP contribution in [0.2, 0.25) is 33.2 Å². The standard InChI is InChI=1S/C49H57NSi2/c1-30(2)51(31(3)4,32(5)6)27-25-41-45-29-44-38-19-15-13-17-36(38)21-23-40(44)46(45)43(26-28-52(33(7)8,34(9)10)35(11)12)49-47(41)42-24-22-37-18-14-16-20-39(37)48(42)50-49/h13-24,30-35,50H,29H2,1-12H3. The van der Waals surface area contributed by atoms with Gasteiger partial charge in [-0.05, 0) is 66.1 Å². The molecule has 0 unspecified atom stereocenters. The van der Waals surface area contributed by atoms with Gasteiger partial charge in [-0.3, -0.25) is 0 Å². The molecule has 0 radical (unpaired) electrons. The zero-order chi connectivity index (χ0) is 37.3. The van der Waals surface area contributed by atoms with E-state index < -0.39 is 16.1 Å². The molecule has 7 rings (SSSR count). The van der Waals surface area contributed by atoms with Crippen LogP contribution in [0.3, 0.4) is 0 Å². The van der Waals surface area contributed by atoms with Crippen molar-refractivity contribution in [2.24, 2.45) is 0 Å². The van der Waals surface area contributed by atoms with E-state index in [9.17, 15) is 0 Å².